The van der Waals surface area contributed by atoms with Gasteiger partial charge in [-0.3, -0.25) is 0 Å². The predicted octanol–water partition coefficient (Wildman–Crippen LogP) is 1.61. The van der Waals surface area contributed by atoms with Crippen molar-refractivity contribution in [2.45, 2.75) is 70.3 Å². The zero-order chi connectivity index (χ0) is 16.3. The summed E-state index contributed by atoms with van der Waals surface area (Å²) in [5, 5.41) is 22.8. The van der Waals surface area contributed by atoms with Gasteiger partial charge in [-0.25, -0.2) is 9.97 Å². The summed E-state index contributed by atoms with van der Waals surface area (Å²) < 4.78 is 5.18. The fraction of sp³-hybridized carbons (Fsp3) is 0.750. The highest BCUT2D eigenvalue weighted by Crippen LogP contribution is 2.25. The monoisotopic (exact) mass is 309 g/mol. The molecule has 1 fully saturated rings. The summed E-state index contributed by atoms with van der Waals surface area (Å²) in [7, 11) is 1.64. The average Bonchev–Trinajstić information content (AvgIpc) is 2.42. The zero-order valence-electron chi connectivity index (χ0n) is 13.8. The molecule has 0 aromatic carbocycles. The van der Waals surface area contributed by atoms with E-state index < -0.39 is 12.2 Å². The van der Waals surface area contributed by atoms with E-state index in [-0.39, 0.29) is 11.5 Å². The molecule has 1 saturated carbocycles. The summed E-state index contributed by atoms with van der Waals surface area (Å²) in [5.74, 6) is 1.52. The number of aliphatic hydroxyl groups is 2. The number of nitrogens with one attached hydrogen (secondary N) is 1. The number of nitrogens with zero attached hydrogens (tertiary/aromatic N) is 2. The van der Waals surface area contributed by atoms with Crippen LogP contribution in [0.4, 0.5) is 5.82 Å². The number of methoxy groups -OCH3 is 1. The van der Waals surface area contributed by atoms with Gasteiger partial charge in [0.2, 0.25) is 0 Å². The van der Waals surface area contributed by atoms with E-state index in [1.165, 1.54) is 0 Å². The molecule has 3 atom stereocenters. The van der Waals surface area contributed by atoms with Gasteiger partial charge in [0.25, 0.3) is 0 Å². The molecular formula is C16H27N3O3. The van der Waals surface area contributed by atoms with Crippen molar-refractivity contribution in [3.8, 4) is 0 Å². The molecule has 6 heteroatoms. The molecule has 3 N–H and O–H groups in total. The number of hydrogen-bond acceptors (Lipinski definition) is 6. The van der Waals surface area contributed by atoms with Crippen LogP contribution in [-0.2, 0) is 16.8 Å². The smallest absolute Gasteiger partial charge is 0.136 e. The van der Waals surface area contributed by atoms with Gasteiger partial charge in [0.15, 0.2) is 0 Å². The molecule has 1 aliphatic rings. The van der Waals surface area contributed by atoms with E-state index in [4.69, 9.17) is 4.74 Å². The van der Waals surface area contributed by atoms with E-state index >= 15 is 0 Å². The van der Waals surface area contributed by atoms with Crippen LogP contribution in [0.1, 0.15) is 51.6 Å². The van der Waals surface area contributed by atoms with Crippen molar-refractivity contribution in [1.82, 2.24) is 9.97 Å². The largest absolute Gasteiger partial charge is 0.390 e. The third-order valence-electron chi connectivity index (χ3n) is 3.88. The van der Waals surface area contributed by atoms with Crippen LogP contribution in [0.25, 0.3) is 0 Å². The van der Waals surface area contributed by atoms with Gasteiger partial charge in [-0.1, -0.05) is 20.8 Å². The van der Waals surface area contributed by atoms with Gasteiger partial charge >= 0.3 is 0 Å². The van der Waals surface area contributed by atoms with Crippen LogP contribution in [0, 0.1) is 0 Å². The lowest BCUT2D eigenvalue weighted by molar-refractivity contribution is -0.0120. The Labute approximate surface area is 131 Å². The molecule has 1 unspecified atom stereocenters. The van der Waals surface area contributed by atoms with E-state index in [0.29, 0.717) is 19.4 Å². The highest BCUT2D eigenvalue weighted by molar-refractivity contribution is 5.38. The lowest BCUT2D eigenvalue weighted by atomic mass is 9.90. The van der Waals surface area contributed by atoms with Gasteiger partial charge in [-0.05, 0) is 19.3 Å². The van der Waals surface area contributed by atoms with E-state index in [9.17, 15) is 10.2 Å². The Kier molecular flexibility index (Phi) is 5.36. The third-order valence-corrected chi connectivity index (χ3v) is 3.88. The topological polar surface area (TPSA) is 87.5 Å². The van der Waals surface area contributed by atoms with Crippen LogP contribution in [0.5, 0.6) is 0 Å². The van der Waals surface area contributed by atoms with Gasteiger partial charge in [-0.2, -0.15) is 0 Å². The van der Waals surface area contributed by atoms with Gasteiger partial charge < -0.3 is 20.3 Å². The van der Waals surface area contributed by atoms with Crippen LogP contribution in [0.2, 0.25) is 0 Å². The summed E-state index contributed by atoms with van der Waals surface area (Å²) in [5.41, 5.74) is 0.684. The third kappa shape index (κ3) is 4.38. The zero-order valence-corrected chi connectivity index (χ0v) is 13.8. The molecule has 2 rings (SSSR count). The molecular weight excluding hydrogens is 282 g/mol. The molecule has 1 heterocycles. The molecule has 0 radical (unpaired) electrons. The molecule has 1 aliphatic carbocycles. The second kappa shape index (κ2) is 6.89. The van der Waals surface area contributed by atoms with Crippen LogP contribution in [0.15, 0.2) is 6.07 Å². The minimum Gasteiger partial charge on any atom is -0.390 e. The Balaban J connectivity index is 2.17. The van der Waals surface area contributed by atoms with Gasteiger partial charge in [0.1, 0.15) is 11.6 Å². The second-order valence-corrected chi connectivity index (χ2v) is 7.04. The molecule has 1 aromatic heterocycles. The standard InChI is InChI=1S/C16H27N3O3/c1-16(2,3)15-18-11(9-22-4)8-14(19-15)17-10-5-6-12(20)13(21)7-10/h8,10,12-13,20-21H,5-7,9H2,1-4H3,(H,17,18,19)/t10?,12-,13+/m1/s1. The quantitative estimate of drug-likeness (QED) is 0.783. The Morgan fingerprint density at radius 1 is 1.23 bits per heavy atom. The Hall–Kier alpha value is -1.24. The maximum atomic E-state index is 9.81. The normalized spacial score (nSPS) is 26.0. The maximum absolute atomic E-state index is 9.81. The summed E-state index contributed by atoms with van der Waals surface area (Å²) in [6.07, 6.45) is 0.648. The Morgan fingerprint density at radius 3 is 2.55 bits per heavy atom. The Morgan fingerprint density at radius 2 is 1.95 bits per heavy atom. The lowest BCUT2D eigenvalue weighted by Gasteiger charge is -2.31. The molecule has 0 saturated heterocycles. The van der Waals surface area contributed by atoms with Gasteiger partial charge in [0.05, 0.1) is 24.5 Å². The number of ether oxygens (including phenoxy) is 1. The molecule has 22 heavy (non-hydrogen) atoms. The number of anilines is 1. The molecule has 1 aromatic rings. The van der Waals surface area contributed by atoms with Gasteiger partial charge in [-0.15, -0.1) is 0 Å². The van der Waals surface area contributed by atoms with Crippen LogP contribution in [0.3, 0.4) is 0 Å². The SMILES string of the molecule is COCc1cc(NC2CC[C@@H](O)[C@@H](O)C2)nc(C(C)(C)C)n1. The molecule has 0 amide bonds. The van der Waals surface area contributed by atoms with Crippen molar-refractivity contribution in [2.24, 2.45) is 0 Å². The highest BCUT2D eigenvalue weighted by Gasteiger charge is 2.28. The van der Waals surface area contributed by atoms with Crippen molar-refractivity contribution < 1.29 is 14.9 Å². The van der Waals surface area contributed by atoms with Crippen molar-refractivity contribution in [3.63, 3.8) is 0 Å². The maximum Gasteiger partial charge on any atom is 0.136 e. The first kappa shape index (κ1) is 17.1. The first-order valence-corrected chi connectivity index (χ1v) is 7.79. The molecule has 0 spiro atoms. The minimum absolute atomic E-state index is 0.108. The fourth-order valence-corrected chi connectivity index (χ4v) is 2.60. The van der Waals surface area contributed by atoms with Crippen LogP contribution < -0.4 is 5.32 Å². The summed E-state index contributed by atoms with van der Waals surface area (Å²) in [6, 6.07) is 1.99. The lowest BCUT2D eigenvalue weighted by Crippen LogP contribution is -2.39. The number of aliphatic hydroxyl groups excluding tert-OH is 2. The summed E-state index contributed by atoms with van der Waals surface area (Å²) in [6.45, 7) is 6.66. The fourth-order valence-electron chi connectivity index (χ4n) is 2.60. The van der Waals surface area contributed by atoms with E-state index in [2.05, 4.69) is 36.1 Å². The van der Waals surface area contributed by atoms with Crippen molar-refractivity contribution in [3.05, 3.63) is 17.6 Å². The second-order valence-electron chi connectivity index (χ2n) is 7.04. The van der Waals surface area contributed by atoms with E-state index in [1.54, 1.807) is 7.11 Å². The van der Waals surface area contributed by atoms with Crippen molar-refractivity contribution in [2.75, 3.05) is 12.4 Å². The van der Waals surface area contributed by atoms with E-state index in [0.717, 1.165) is 23.8 Å². The average molecular weight is 309 g/mol. The van der Waals surface area contributed by atoms with Crippen LogP contribution in [-0.4, -0.2) is 45.5 Å². The molecule has 0 aliphatic heterocycles. The molecule has 6 nitrogen and oxygen atoms in total. The number of rotatable bonds is 4. The van der Waals surface area contributed by atoms with Crippen LogP contribution >= 0.6 is 0 Å². The highest BCUT2D eigenvalue weighted by atomic mass is 16.5. The van der Waals surface area contributed by atoms with Gasteiger partial charge in [0, 0.05) is 24.6 Å². The first-order chi connectivity index (χ1) is 10.3. The minimum atomic E-state index is -0.673. The predicted molar refractivity (Wildman–Crippen MR) is 84.7 cm³/mol. The van der Waals surface area contributed by atoms with Crippen molar-refractivity contribution >= 4 is 5.82 Å². The summed E-state index contributed by atoms with van der Waals surface area (Å²) >= 11 is 0. The molecule has 0 bridgehead atoms. The summed E-state index contributed by atoms with van der Waals surface area (Å²) in [4.78, 5) is 9.15. The molecule has 124 valence electrons. The van der Waals surface area contributed by atoms with Crippen molar-refractivity contribution in [1.29, 1.82) is 0 Å². The first-order valence-electron chi connectivity index (χ1n) is 7.79. The number of aromatic nitrogens is 2. The van der Waals surface area contributed by atoms with E-state index in [1.807, 2.05) is 6.07 Å². The number of hydrogen-bond donors (Lipinski definition) is 3. The Bertz CT molecular complexity index is 502.